The summed E-state index contributed by atoms with van der Waals surface area (Å²) in [6.07, 6.45) is -0.966. The molecule has 2 heterocycles. The van der Waals surface area contributed by atoms with Crippen LogP contribution in [-0.2, 0) is 9.53 Å². The molecule has 0 aliphatic carbocycles. The molecule has 0 aliphatic rings. The number of aryl methyl sites for hydroxylation is 2. The quantitative estimate of drug-likeness (QED) is 0.445. The molecule has 158 valence electrons. The number of hydrogen-bond donors (Lipinski definition) is 1. The fraction of sp³-hybridized carbons (Fsp3) is 0.174. The number of rotatable bonds is 5. The van der Waals surface area contributed by atoms with Crippen LogP contribution in [0.5, 0.6) is 0 Å². The molecule has 1 atom stereocenters. The van der Waals surface area contributed by atoms with Gasteiger partial charge < -0.3 is 10.1 Å². The zero-order valence-corrected chi connectivity index (χ0v) is 18.0. The maximum atomic E-state index is 13.3. The van der Waals surface area contributed by atoms with Crippen molar-refractivity contribution in [2.45, 2.75) is 26.9 Å². The van der Waals surface area contributed by atoms with Crippen LogP contribution in [0.25, 0.3) is 15.9 Å². The highest BCUT2D eigenvalue weighted by molar-refractivity contribution is 7.20. The largest absolute Gasteiger partial charge is 0.448 e. The van der Waals surface area contributed by atoms with Crippen molar-refractivity contribution in [3.63, 3.8) is 0 Å². The second kappa shape index (κ2) is 8.31. The molecule has 8 heteroatoms. The summed E-state index contributed by atoms with van der Waals surface area (Å²) < 4.78 is 20.3. The third-order valence-corrected chi connectivity index (χ3v) is 5.96. The van der Waals surface area contributed by atoms with Gasteiger partial charge in [0.15, 0.2) is 6.10 Å². The highest BCUT2D eigenvalue weighted by Crippen LogP contribution is 2.31. The summed E-state index contributed by atoms with van der Waals surface area (Å²) in [5, 5.41) is 8.06. The molecule has 0 fully saturated rings. The number of thiophene rings is 1. The number of ether oxygens (including phenoxy) is 1. The van der Waals surface area contributed by atoms with E-state index >= 15 is 0 Å². The van der Waals surface area contributed by atoms with Gasteiger partial charge in [0.2, 0.25) is 0 Å². The van der Waals surface area contributed by atoms with Crippen molar-refractivity contribution in [1.29, 1.82) is 0 Å². The van der Waals surface area contributed by atoms with E-state index in [1.54, 1.807) is 28.9 Å². The summed E-state index contributed by atoms with van der Waals surface area (Å²) >= 11 is 1.21. The normalized spacial score (nSPS) is 12.0. The lowest BCUT2D eigenvalue weighted by molar-refractivity contribution is -0.123. The maximum absolute atomic E-state index is 13.3. The van der Waals surface area contributed by atoms with Crippen molar-refractivity contribution in [2.75, 3.05) is 5.32 Å². The molecule has 31 heavy (non-hydrogen) atoms. The van der Waals surface area contributed by atoms with Crippen molar-refractivity contribution in [2.24, 2.45) is 0 Å². The number of fused-ring (bicyclic) bond motifs is 1. The topological polar surface area (TPSA) is 73.2 Å². The number of benzene rings is 2. The Labute approximate surface area is 182 Å². The first-order valence-electron chi connectivity index (χ1n) is 9.66. The molecule has 1 unspecified atom stereocenters. The third-order valence-electron chi connectivity index (χ3n) is 4.87. The van der Waals surface area contributed by atoms with Crippen LogP contribution >= 0.6 is 11.3 Å². The number of aromatic nitrogens is 2. The molecule has 6 nitrogen and oxygen atoms in total. The lowest BCUT2D eigenvalue weighted by atomic mass is 10.2. The average molecular weight is 437 g/mol. The molecule has 4 aromatic rings. The number of nitrogens with one attached hydrogen (secondary N) is 1. The van der Waals surface area contributed by atoms with E-state index in [0.29, 0.717) is 16.3 Å². The van der Waals surface area contributed by atoms with Gasteiger partial charge in [0.05, 0.1) is 11.4 Å². The van der Waals surface area contributed by atoms with Crippen LogP contribution < -0.4 is 5.32 Å². The summed E-state index contributed by atoms with van der Waals surface area (Å²) in [5.74, 6) is -1.33. The van der Waals surface area contributed by atoms with Gasteiger partial charge in [0, 0.05) is 11.1 Å². The number of halogens is 1. The van der Waals surface area contributed by atoms with Crippen LogP contribution in [0.15, 0.2) is 54.6 Å². The number of carbonyl (C=O) groups excluding carboxylic acids is 2. The molecule has 1 amide bonds. The molecular formula is C23H20FN3O3S. The Bertz CT molecular complexity index is 1280. The number of carbonyl (C=O) groups is 2. The molecular weight excluding hydrogens is 417 g/mol. The highest BCUT2D eigenvalue weighted by Gasteiger charge is 2.23. The molecule has 2 aromatic heterocycles. The van der Waals surface area contributed by atoms with Crippen molar-refractivity contribution >= 4 is 39.1 Å². The van der Waals surface area contributed by atoms with Crippen molar-refractivity contribution in [1.82, 2.24) is 9.78 Å². The lowest BCUT2D eigenvalue weighted by Gasteiger charge is -2.14. The Morgan fingerprint density at radius 1 is 1.13 bits per heavy atom. The summed E-state index contributed by atoms with van der Waals surface area (Å²) in [4.78, 5) is 26.2. The van der Waals surface area contributed by atoms with E-state index in [0.717, 1.165) is 21.5 Å². The van der Waals surface area contributed by atoms with E-state index in [9.17, 15) is 14.0 Å². The number of esters is 1. The van der Waals surface area contributed by atoms with Crippen LogP contribution in [0.4, 0.5) is 10.1 Å². The van der Waals surface area contributed by atoms with E-state index in [-0.39, 0.29) is 5.82 Å². The average Bonchev–Trinajstić information content (AvgIpc) is 3.31. The first-order chi connectivity index (χ1) is 14.8. The predicted molar refractivity (Wildman–Crippen MR) is 118 cm³/mol. The summed E-state index contributed by atoms with van der Waals surface area (Å²) in [6, 6.07) is 15.0. The summed E-state index contributed by atoms with van der Waals surface area (Å²) in [5.41, 5.74) is 3.01. The minimum absolute atomic E-state index is 0.336. The Morgan fingerprint density at radius 2 is 1.84 bits per heavy atom. The number of amides is 1. The molecule has 0 bridgehead atoms. The number of hydrogen-bond acceptors (Lipinski definition) is 5. The SMILES string of the molecule is Cc1ccccc1NC(=O)C(C)OC(=O)c1cc2c(C)nn(-c3ccc(F)cc3)c2s1. The molecule has 0 radical (unpaired) electrons. The Kier molecular flexibility index (Phi) is 5.56. The Morgan fingerprint density at radius 3 is 2.55 bits per heavy atom. The number of para-hydroxylation sites is 1. The summed E-state index contributed by atoms with van der Waals surface area (Å²) in [7, 11) is 0. The lowest BCUT2D eigenvalue weighted by Crippen LogP contribution is -2.30. The Balaban J connectivity index is 1.53. The van der Waals surface area contributed by atoms with Gasteiger partial charge in [-0.25, -0.2) is 13.9 Å². The minimum Gasteiger partial charge on any atom is -0.448 e. The first-order valence-corrected chi connectivity index (χ1v) is 10.5. The smallest absolute Gasteiger partial charge is 0.349 e. The molecule has 4 rings (SSSR count). The van der Waals surface area contributed by atoms with Gasteiger partial charge in [-0.15, -0.1) is 11.3 Å². The second-order valence-electron chi connectivity index (χ2n) is 7.15. The van der Waals surface area contributed by atoms with Gasteiger partial charge in [-0.3, -0.25) is 4.79 Å². The predicted octanol–water partition coefficient (Wildman–Crippen LogP) is 5.03. The van der Waals surface area contributed by atoms with Crippen molar-refractivity contribution in [3.05, 3.63) is 76.5 Å². The van der Waals surface area contributed by atoms with E-state index in [4.69, 9.17) is 4.74 Å². The van der Waals surface area contributed by atoms with E-state index in [1.165, 1.54) is 30.4 Å². The highest BCUT2D eigenvalue weighted by atomic mass is 32.1. The fourth-order valence-corrected chi connectivity index (χ4v) is 4.19. The van der Waals surface area contributed by atoms with Crippen molar-refractivity contribution < 1.29 is 18.7 Å². The molecule has 0 saturated carbocycles. The maximum Gasteiger partial charge on any atom is 0.349 e. The molecule has 0 aliphatic heterocycles. The first kappa shape index (κ1) is 20.7. The van der Waals surface area contributed by atoms with Crippen molar-refractivity contribution in [3.8, 4) is 5.69 Å². The van der Waals surface area contributed by atoms with Gasteiger partial charge >= 0.3 is 5.97 Å². The molecule has 0 spiro atoms. The van der Waals surface area contributed by atoms with E-state index < -0.39 is 18.0 Å². The van der Waals surface area contributed by atoms with E-state index in [2.05, 4.69) is 10.4 Å². The zero-order chi connectivity index (χ0) is 22.1. The zero-order valence-electron chi connectivity index (χ0n) is 17.2. The number of nitrogens with zero attached hydrogens (tertiary/aromatic N) is 2. The van der Waals surface area contributed by atoms with Crippen LogP contribution in [-0.4, -0.2) is 27.8 Å². The van der Waals surface area contributed by atoms with Crippen LogP contribution in [0.2, 0.25) is 0 Å². The standard InChI is InChI=1S/C23H20FN3O3S/c1-13-6-4-5-7-19(13)25-21(28)15(3)30-23(29)20-12-18-14(2)26-27(22(18)31-20)17-10-8-16(24)9-11-17/h4-12,15H,1-3H3,(H,25,28). The monoisotopic (exact) mass is 437 g/mol. The molecule has 1 N–H and O–H groups in total. The Hall–Kier alpha value is -3.52. The van der Waals surface area contributed by atoms with Gasteiger partial charge in [-0.1, -0.05) is 18.2 Å². The van der Waals surface area contributed by atoms with Crippen LogP contribution in [0.1, 0.15) is 27.9 Å². The molecule has 0 saturated heterocycles. The van der Waals surface area contributed by atoms with E-state index in [1.807, 2.05) is 32.0 Å². The van der Waals surface area contributed by atoms with Crippen LogP contribution in [0, 0.1) is 19.7 Å². The van der Waals surface area contributed by atoms with Gasteiger partial charge in [-0.05, 0) is 62.7 Å². The van der Waals surface area contributed by atoms with Gasteiger partial charge in [0.25, 0.3) is 5.91 Å². The summed E-state index contributed by atoms with van der Waals surface area (Å²) in [6.45, 7) is 5.25. The number of anilines is 1. The second-order valence-corrected chi connectivity index (χ2v) is 8.19. The minimum atomic E-state index is -0.966. The third kappa shape index (κ3) is 4.20. The van der Waals surface area contributed by atoms with Gasteiger partial charge in [-0.2, -0.15) is 5.10 Å². The van der Waals surface area contributed by atoms with Crippen LogP contribution in [0.3, 0.4) is 0 Å². The molecule has 2 aromatic carbocycles. The van der Waals surface area contributed by atoms with Gasteiger partial charge in [0.1, 0.15) is 15.5 Å². The fourth-order valence-electron chi connectivity index (χ4n) is 3.12.